The summed E-state index contributed by atoms with van der Waals surface area (Å²) in [5.41, 5.74) is 6.03. The first kappa shape index (κ1) is 23.4. The predicted octanol–water partition coefficient (Wildman–Crippen LogP) is 2.94. The molecule has 0 fully saturated rings. The number of phenolic OH excluding ortho intramolecular Hbond substituents is 2. The third-order valence-electron chi connectivity index (χ3n) is 3.96. The molecule has 0 aliphatic rings. The van der Waals surface area contributed by atoms with Crippen LogP contribution in [0.25, 0.3) is 10.8 Å². The van der Waals surface area contributed by atoms with E-state index in [-0.39, 0.29) is 28.4 Å². The average Bonchev–Trinajstić information content (AvgIpc) is 2.63. The summed E-state index contributed by atoms with van der Waals surface area (Å²) in [5, 5.41) is 32.0. The lowest BCUT2D eigenvalue weighted by Crippen LogP contribution is -2.06. The number of fused-ring (bicyclic) bond motifs is 1. The highest BCUT2D eigenvalue weighted by Gasteiger charge is 2.17. The Morgan fingerprint density at radius 1 is 1.13 bits per heavy atom. The lowest BCUT2D eigenvalue weighted by molar-refractivity contribution is -0.385. The van der Waals surface area contributed by atoms with Crippen LogP contribution in [0.1, 0.15) is 12.5 Å². The molecule has 0 aliphatic heterocycles. The number of amides is 1. The second kappa shape index (κ2) is 8.85. The quantitative estimate of drug-likeness (QED) is 0.131. The Labute approximate surface area is 176 Å². The van der Waals surface area contributed by atoms with Crippen molar-refractivity contribution in [1.82, 2.24) is 0 Å². The number of benzene rings is 3. The lowest BCUT2D eigenvalue weighted by Gasteiger charge is -2.08. The number of hydrogen-bond acceptors (Lipinski definition) is 8. The minimum Gasteiger partial charge on any atom is -0.508 e. The van der Waals surface area contributed by atoms with Gasteiger partial charge in [0.05, 0.1) is 10.6 Å². The van der Waals surface area contributed by atoms with Crippen molar-refractivity contribution in [3.63, 3.8) is 0 Å². The molecule has 3 aromatic carbocycles. The van der Waals surface area contributed by atoms with E-state index in [0.29, 0.717) is 16.6 Å². The van der Waals surface area contributed by atoms with Crippen LogP contribution in [0.2, 0.25) is 0 Å². The number of nitrogens with one attached hydrogen (secondary N) is 1. The van der Waals surface area contributed by atoms with E-state index in [1.165, 1.54) is 37.3 Å². The van der Waals surface area contributed by atoms with Gasteiger partial charge >= 0.3 is 5.69 Å². The van der Waals surface area contributed by atoms with Gasteiger partial charge in [0.15, 0.2) is 0 Å². The van der Waals surface area contributed by atoms with Crippen LogP contribution in [0, 0.1) is 17.0 Å². The molecule has 164 valence electrons. The van der Waals surface area contributed by atoms with E-state index in [0.717, 1.165) is 6.07 Å². The minimum atomic E-state index is -4.47. The number of anilines is 2. The van der Waals surface area contributed by atoms with Gasteiger partial charge in [0.2, 0.25) is 11.7 Å². The number of nitrogen functional groups attached to an aromatic ring is 1. The van der Waals surface area contributed by atoms with Crippen LogP contribution >= 0.6 is 0 Å². The van der Waals surface area contributed by atoms with E-state index in [1.54, 1.807) is 13.0 Å². The summed E-state index contributed by atoms with van der Waals surface area (Å²) in [5.74, 6) is -1.04. The molecule has 0 bridgehead atoms. The molecule has 1 amide bonds. The number of nitrogens with two attached hydrogens (primary N) is 1. The van der Waals surface area contributed by atoms with Crippen molar-refractivity contribution in [2.45, 2.75) is 18.7 Å². The molecular weight excluding hydrogens is 430 g/mol. The maximum atomic E-state index is 11.3. The van der Waals surface area contributed by atoms with Crippen LogP contribution in [0.4, 0.5) is 17.1 Å². The smallest absolute Gasteiger partial charge is 0.313 e. The Morgan fingerprint density at radius 3 is 2.32 bits per heavy atom. The van der Waals surface area contributed by atoms with Crippen molar-refractivity contribution in [2.75, 3.05) is 11.1 Å². The summed E-state index contributed by atoms with van der Waals surface area (Å²) < 4.78 is 31.7. The van der Waals surface area contributed by atoms with Gasteiger partial charge in [-0.05, 0) is 42.1 Å². The van der Waals surface area contributed by atoms with Gasteiger partial charge in [-0.2, -0.15) is 8.42 Å². The maximum absolute atomic E-state index is 11.3. The molecule has 11 nitrogen and oxygen atoms in total. The van der Waals surface area contributed by atoms with Gasteiger partial charge in [-0.25, -0.2) is 0 Å². The Bertz CT molecular complexity index is 1290. The topological polar surface area (TPSA) is 193 Å². The van der Waals surface area contributed by atoms with Crippen molar-refractivity contribution in [3.05, 3.63) is 58.1 Å². The summed E-state index contributed by atoms with van der Waals surface area (Å²) in [6.07, 6.45) is 0. The summed E-state index contributed by atoms with van der Waals surface area (Å²) in [4.78, 5) is 20.2. The number of nitro groups is 1. The molecular formula is C19H19N3O8S. The number of aromatic hydroxyl groups is 2. The average molecular weight is 449 g/mol. The van der Waals surface area contributed by atoms with Crippen molar-refractivity contribution in [3.8, 4) is 11.5 Å². The third-order valence-corrected chi connectivity index (χ3v) is 4.85. The molecule has 12 heteroatoms. The standard InChI is InChI=1S/C12H11NO5S.C7H8N2O3/c1-7(14)13-9-3-2-8-4-10(15)6-12(11(8)5-9)19(16,17)18;1-4-2-5(8)7(10)6(3-4)9(11)12/h2-6,15H,1H3,(H,13,14)(H,16,17,18);2-3,10H,8H2,1H3. The molecule has 3 aromatic rings. The number of carbonyl (C=O) groups is 1. The summed E-state index contributed by atoms with van der Waals surface area (Å²) in [6.45, 7) is 2.99. The van der Waals surface area contributed by atoms with Gasteiger partial charge in [-0.15, -0.1) is 0 Å². The van der Waals surface area contributed by atoms with Crippen molar-refractivity contribution >= 4 is 43.9 Å². The first-order valence-electron chi connectivity index (χ1n) is 8.55. The lowest BCUT2D eigenvalue weighted by atomic mass is 10.1. The summed E-state index contributed by atoms with van der Waals surface area (Å²) >= 11 is 0. The molecule has 0 aromatic heterocycles. The fraction of sp³-hybridized carbons (Fsp3) is 0.105. The Balaban J connectivity index is 0.000000245. The predicted molar refractivity (Wildman–Crippen MR) is 114 cm³/mol. The monoisotopic (exact) mass is 449 g/mol. The van der Waals surface area contributed by atoms with Gasteiger partial charge in [-0.3, -0.25) is 19.5 Å². The molecule has 0 saturated carbocycles. The molecule has 0 aliphatic carbocycles. The molecule has 0 unspecified atom stereocenters. The van der Waals surface area contributed by atoms with Gasteiger partial charge in [0.25, 0.3) is 10.1 Å². The first-order valence-corrected chi connectivity index (χ1v) is 9.99. The van der Waals surface area contributed by atoms with Crippen LogP contribution in [0.5, 0.6) is 11.5 Å². The number of carbonyl (C=O) groups excluding carboxylic acids is 1. The molecule has 0 radical (unpaired) electrons. The molecule has 0 heterocycles. The fourth-order valence-corrected chi connectivity index (χ4v) is 3.45. The van der Waals surface area contributed by atoms with Gasteiger partial charge in [0, 0.05) is 30.1 Å². The van der Waals surface area contributed by atoms with Crippen molar-refractivity contribution in [2.24, 2.45) is 0 Å². The number of nitrogens with zero attached hydrogens (tertiary/aromatic N) is 1. The van der Waals surface area contributed by atoms with Crippen LogP contribution in [0.3, 0.4) is 0 Å². The van der Waals surface area contributed by atoms with Gasteiger partial charge < -0.3 is 21.3 Å². The van der Waals surface area contributed by atoms with Crippen molar-refractivity contribution < 1.29 is 32.9 Å². The number of nitro benzene ring substituents is 1. The number of hydrogen-bond donors (Lipinski definition) is 5. The van der Waals surface area contributed by atoms with E-state index in [9.17, 15) is 28.4 Å². The second-order valence-electron chi connectivity index (χ2n) is 6.52. The highest BCUT2D eigenvalue weighted by molar-refractivity contribution is 7.86. The second-order valence-corrected chi connectivity index (χ2v) is 7.91. The van der Waals surface area contributed by atoms with Crippen LogP contribution in [-0.2, 0) is 14.9 Å². The normalized spacial score (nSPS) is 10.8. The highest BCUT2D eigenvalue weighted by Crippen LogP contribution is 2.32. The SMILES string of the molecule is CC(=O)Nc1ccc2cc(O)cc(S(=O)(=O)O)c2c1.Cc1cc(N)c(O)c([N+](=O)[O-])c1. The van der Waals surface area contributed by atoms with E-state index in [1.807, 2.05) is 0 Å². The fourth-order valence-electron chi connectivity index (χ4n) is 2.73. The van der Waals surface area contributed by atoms with Crippen LogP contribution in [0.15, 0.2) is 47.4 Å². The number of phenols is 2. The summed E-state index contributed by atoms with van der Waals surface area (Å²) in [7, 11) is -4.47. The maximum Gasteiger partial charge on any atom is 0.313 e. The Hall–Kier alpha value is -3.90. The van der Waals surface area contributed by atoms with Crippen molar-refractivity contribution in [1.29, 1.82) is 0 Å². The molecule has 31 heavy (non-hydrogen) atoms. The zero-order valence-electron chi connectivity index (χ0n) is 16.4. The molecule has 3 rings (SSSR count). The number of aryl methyl sites for hydroxylation is 1. The number of rotatable bonds is 3. The van der Waals surface area contributed by atoms with E-state index >= 15 is 0 Å². The first-order chi connectivity index (χ1) is 14.3. The molecule has 6 N–H and O–H groups in total. The summed E-state index contributed by atoms with van der Waals surface area (Å²) in [6, 6.07) is 9.58. The van der Waals surface area contributed by atoms with Gasteiger partial charge in [-0.1, -0.05) is 6.07 Å². The van der Waals surface area contributed by atoms with Gasteiger partial charge in [0.1, 0.15) is 10.6 Å². The highest BCUT2D eigenvalue weighted by atomic mass is 32.2. The van der Waals surface area contributed by atoms with E-state index in [4.69, 9.17) is 15.4 Å². The Kier molecular flexibility index (Phi) is 6.68. The molecule has 0 atom stereocenters. The zero-order chi connectivity index (χ0) is 23.5. The van der Waals surface area contributed by atoms with Crippen LogP contribution < -0.4 is 11.1 Å². The largest absolute Gasteiger partial charge is 0.508 e. The molecule has 0 saturated heterocycles. The van der Waals surface area contributed by atoms with E-state index in [2.05, 4.69) is 5.32 Å². The minimum absolute atomic E-state index is 0.0294. The third kappa shape index (κ3) is 5.81. The van der Waals surface area contributed by atoms with E-state index < -0.39 is 25.7 Å². The molecule has 0 spiro atoms. The zero-order valence-corrected chi connectivity index (χ0v) is 17.2. The van der Waals surface area contributed by atoms with Crippen LogP contribution in [-0.4, -0.2) is 34.0 Å². The Morgan fingerprint density at radius 2 is 1.77 bits per heavy atom.